The van der Waals surface area contributed by atoms with Gasteiger partial charge in [0.05, 0.1) is 13.2 Å². The molecule has 0 spiro atoms. The first kappa shape index (κ1) is 45.8. The average molecular weight is 683 g/mol. The largest absolute Gasteiger partial charge is 0.480 e. The number of unbranched alkanes of at least 4 members (excludes halogenated alkanes) is 22. The zero-order chi connectivity index (χ0) is 35.5. The maximum atomic E-state index is 12.5. The van der Waals surface area contributed by atoms with Crippen LogP contribution in [0.25, 0.3) is 0 Å². The van der Waals surface area contributed by atoms with Gasteiger partial charge in [-0.15, -0.1) is 0 Å². The fraction of sp³-hybridized carbons (Fsp3) is 0.897. The predicted octanol–water partition coefficient (Wildman–Crippen LogP) is 8.93. The third-order valence-electron chi connectivity index (χ3n) is 9.10. The quantitative estimate of drug-likeness (QED) is 0.0382. The van der Waals surface area contributed by atoms with Crippen molar-refractivity contribution in [3.63, 3.8) is 0 Å². The van der Waals surface area contributed by atoms with Crippen molar-refractivity contribution < 1.29 is 34.1 Å². The van der Waals surface area contributed by atoms with Gasteiger partial charge in [-0.2, -0.15) is 0 Å². The molecule has 0 aliphatic rings. The van der Waals surface area contributed by atoms with Gasteiger partial charge in [-0.1, -0.05) is 149 Å². The number of hydrogen-bond donors (Lipinski definition) is 4. The van der Waals surface area contributed by atoms with E-state index in [1.807, 2.05) is 0 Å². The molecule has 9 nitrogen and oxygen atoms in total. The molecule has 0 radical (unpaired) electrons. The first-order valence-electron chi connectivity index (χ1n) is 19.9. The molecule has 4 N–H and O–H groups in total. The third kappa shape index (κ3) is 31.1. The van der Waals surface area contributed by atoms with Crippen LogP contribution >= 0.6 is 0 Å². The second kappa shape index (κ2) is 34.7. The first-order chi connectivity index (χ1) is 23.3. The number of aliphatic hydroxyl groups is 1. The van der Waals surface area contributed by atoms with E-state index in [9.17, 15) is 19.2 Å². The summed E-state index contributed by atoms with van der Waals surface area (Å²) in [4.78, 5) is 47.2. The monoisotopic (exact) mass is 683 g/mol. The van der Waals surface area contributed by atoms with Crippen LogP contribution in [0.1, 0.15) is 200 Å². The third-order valence-corrected chi connectivity index (χ3v) is 9.10. The summed E-state index contributed by atoms with van der Waals surface area (Å²) in [5.41, 5.74) is 0. The molecule has 2 amide bonds. The van der Waals surface area contributed by atoms with Gasteiger partial charge in [0, 0.05) is 12.8 Å². The van der Waals surface area contributed by atoms with Crippen LogP contribution in [-0.4, -0.2) is 59.3 Å². The van der Waals surface area contributed by atoms with Crippen molar-refractivity contribution in [2.24, 2.45) is 0 Å². The number of hydrogen-bond acceptors (Lipinski definition) is 6. The van der Waals surface area contributed by atoms with E-state index in [-0.39, 0.29) is 30.9 Å². The molecule has 0 aliphatic heterocycles. The number of nitrogens with one attached hydrogen (secondary N) is 2. The van der Waals surface area contributed by atoms with Gasteiger partial charge in [-0.05, 0) is 38.5 Å². The van der Waals surface area contributed by atoms with Crippen molar-refractivity contribution in [2.75, 3.05) is 13.2 Å². The number of carbonyl (C=O) groups excluding carboxylic acids is 3. The SMILES string of the molecule is CCCCCCCCCCCCCCCCCCCCCC(=O)OC(CCCCC)CCCCCC(=O)NCC(=O)NC(CO)C(=O)O. The molecule has 0 bridgehead atoms. The van der Waals surface area contributed by atoms with E-state index in [4.69, 9.17) is 14.9 Å². The van der Waals surface area contributed by atoms with E-state index in [0.717, 1.165) is 57.8 Å². The lowest BCUT2D eigenvalue weighted by atomic mass is 10.0. The van der Waals surface area contributed by atoms with Crippen LogP contribution in [0.15, 0.2) is 0 Å². The molecule has 0 aromatic heterocycles. The minimum atomic E-state index is -1.39. The molecule has 0 heterocycles. The normalized spacial score (nSPS) is 12.4. The van der Waals surface area contributed by atoms with Gasteiger partial charge in [0.2, 0.25) is 11.8 Å². The Morgan fingerprint density at radius 1 is 0.542 bits per heavy atom. The Kier molecular flexibility index (Phi) is 33.1. The van der Waals surface area contributed by atoms with Gasteiger partial charge in [-0.3, -0.25) is 14.4 Å². The number of rotatable bonds is 36. The molecule has 2 atom stereocenters. The molecule has 9 heteroatoms. The summed E-state index contributed by atoms with van der Waals surface area (Å²) in [6.45, 7) is 3.38. The zero-order valence-corrected chi connectivity index (χ0v) is 31.0. The van der Waals surface area contributed by atoms with E-state index in [2.05, 4.69) is 24.5 Å². The Morgan fingerprint density at radius 2 is 0.938 bits per heavy atom. The lowest BCUT2D eigenvalue weighted by molar-refractivity contribution is -0.150. The number of carbonyl (C=O) groups is 4. The van der Waals surface area contributed by atoms with Crippen molar-refractivity contribution in [2.45, 2.75) is 212 Å². The van der Waals surface area contributed by atoms with E-state index < -0.39 is 24.5 Å². The smallest absolute Gasteiger partial charge is 0.328 e. The predicted molar refractivity (Wildman–Crippen MR) is 195 cm³/mol. The van der Waals surface area contributed by atoms with Crippen molar-refractivity contribution in [1.29, 1.82) is 0 Å². The highest BCUT2D eigenvalue weighted by Crippen LogP contribution is 2.18. The number of ether oxygens (including phenoxy) is 1. The van der Waals surface area contributed by atoms with Crippen molar-refractivity contribution in [3.8, 4) is 0 Å². The molecule has 0 rings (SSSR count). The number of aliphatic carboxylic acids is 1. The fourth-order valence-corrected chi connectivity index (χ4v) is 6.01. The number of amides is 2. The topological polar surface area (TPSA) is 142 Å². The van der Waals surface area contributed by atoms with Crippen LogP contribution in [0.3, 0.4) is 0 Å². The Hall–Kier alpha value is -2.16. The van der Waals surface area contributed by atoms with Crippen LogP contribution in [-0.2, 0) is 23.9 Å². The zero-order valence-electron chi connectivity index (χ0n) is 31.0. The van der Waals surface area contributed by atoms with E-state index >= 15 is 0 Å². The second-order valence-electron chi connectivity index (χ2n) is 13.7. The second-order valence-corrected chi connectivity index (χ2v) is 13.7. The average Bonchev–Trinajstić information content (AvgIpc) is 3.06. The van der Waals surface area contributed by atoms with Gasteiger partial charge in [0.1, 0.15) is 12.1 Å². The number of carboxylic acids is 1. The van der Waals surface area contributed by atoms with Gasteiger partial charge < -0.3 is 25.6 Å². The molecule has 2 unspecified atom stereocenters. The van der Waals surface area contributed by atoms with Crippen LogP contribution in [0.2, 0.25) is 0 Å². The Morgan fingerprint density at radius 3 is 1.40 bits per heavy atom. The van der Waals surface area contributed by atoms with Crippen molar-refractivity contribution >= 4 is 23.8 Å². The number of aliphatic hydroxyl groups excluding tert-OH is 1. The molecule has 0 aromatic carbocycles. The minimum absolute atomic E-state index is 0.0735. The molecule has 0 aromatic rings. The van der Waals surface area contributed by atoms with Crippen LogP contribution in [0.4, 0.5) is 0 Å². The van der Waals surface area contributed by atoms with Crippen LogP contribution in [0.5, 0.6) is 0 Å². The first-order valence-corrected chi connectivity index (χ1v) is 19.9. The Balaban J connectivity index is 3.85. The molecular formula is C39H74N2O7. The lowest BCUT2D eigenvalue weighted by Gasteiger charge is -2.18. The summed E-state index contributed by atoms with van der Waals surface area (Å²) in [7, 11) is 0. The molecular weight excluding hydrogens is 608 g/mol. The molecule has 282 valence electrons. The minimum Gasteiger partial charge on any atom is -0.480 e. The van der Waals surface area contributed by atoms with Crippen molar-refractivity contribution in [1.82, 2.24) is 10.6 Å². The van der Waals surface area contributed by atoms with Crippen LogP contribution in [0, 0.1) is 0 Å². The van der Waals surface area contributed by atoms with Gasteiger partial charge >= 0.3 is 11.9 Å². The molecule has 0 saturated carbocycles. The summed E-state index contributed by atoms with van der Waals surface area (Å²) >= 11 is 0. The number of carboxylic acid groups (broad SMARTS) is 1. The summed E-state index contributed by atoms with van der Waals surface area (Å²) in [6.07, 6.45) is 33.2. The summed E-state index contributed by atoms with van der Waals surface area (Å²) in [5.74, 6) is -2.38. The van der Waals surface area contributed by atoms with E-state index in [0.29, 0.717) is 12.8 Å². The fourth-order valence-electron chi connectivity index (χ4n) is 6.01. The summed E-state index contributed by atoms with van der Waals surface area (Å²) in [5, 5.41) is 22.4. The maximum Gasteiger partial charge on any atom is 0.328 e. The maximum absolute atomic E-state index is 12.5. The molecule has 0 fully saturated rings. The Bertz CT molecular complexity index is 792. The molecule has 48 heavy (non-hydrogen) atoms. The summed E-state index contributed by atoms with van der Waals surface area (Å²) in [6, 6.07) is -1.39. The van der Waals surface area contributed by atoms with Gasteiger partial charge in [-0.25, -0.2) is 4.79 Å². The molecule has 0 aliphatic carbocycles. The van der Waals surface area contributed by atoms with E-state index in [1.165, 1.54) is 109 Å². The lowest BCUT2D eigenvalue weighted by Crippen LogP contribution is -2.47. The Labute approximate surface area is 293 Å². The highest BCUT2D eigenvalue weighted by atomic mass is 16.5. The van der Waals surface area contributed by atoms with Gasteiger partial charge in [0.25, 0.3) is 0 Å². The van der Waals surface area contributed by atoms with Crippen molar-refractivity contribution in [3.05, 3.63) is 0 Å². The summed E-state index contributed by atoms with van der Waals surface area (Å²) < 4.78 is 5.86. The van der Waals surface area contributed by atoms with E-state index in [1.54, 1.807) is 0 Å². The van der Waals surface area contributed by atoms with Gasteiger partial charge in [0.15, 0.2) is 0 Å². The molecule has 0 saturated heterocycles. The highest BCUT2D eigenvalue weighted by molar-refractivity contribution is 5.87. The standard InChI is InChI=1S/C39H74N2O7/c1-3-5-7-8-9-10-11-12-13-14-15-16-17-18-19-20-21-22-27-31-38(45)48-34(28-24-6-4-2)29-25-23-26-30-36(43)40-32-37(44)41-35(33-42)39(46)47/h34-35,42H,3-33H2,1-2H3,(H,40,43)(H,41,44)(H,46,47). The number of esters is 1. The highest BCUT2D eigenvalue weighted by Gasteiger charge is 2.19. The van der Waals surface area contributed by atoms with Crippen LogP contribution < -0.4 is 10.6 Å².